The van der Waals surface area contributed by atoms with Gasteiger partial charge in [0.2, 0.25) is 0 Å². The molecule has 23 heavy (non-hydrogen) atoms. The first-order valence-electron chi connectivity index (χ1n) is 6.86. The second kappa shape index (κ2) is 6.62. The number of esters is 1. The van der Waals surface area contributed by atoms with E-state index in [0.717, 1.165) is 0 Å². The quantitative estimate of drug-likeness (QED) is 0.538. The van der Waals surface area contributed by atoms with E-state index in [2.05, 4.69) is 4.98 Å². The van der Waals surface area contributed by atoms with E-state index in [1.54, 1.807) is 34.9 Å². The first-order valence-corrected chi connectivity index (χ1v) is 7.24. The highest BCUT2D eigenvalue weighted by molar-refractivity contribution is 6.31. The normalized spacial score (nSPS) is 11.2. The van der Waals surface area contributed by atoms with Crippen LogP contribution in [-0.4, -0.2) is 15.4 Å². The lowest BCUT2D eigenvalue weighted by Gasteiger charge is -2.03. The lowest BCUT2D eigenvalue weighted by atomic mass is 10.2. The average Bonchev–Trinajstić information content (AvgIpc) is 2.87. The maximum Gasteiger partial charge on any atom is 0.331 e. The number of ether oxygens (including phenoxy) is 1. The fourth-order valence-electron chi connectivity index (χ4n) is 2.09. The molecule has 6 heteroatoms. The summed E-state index contributed by atoms with van der Waals surface area (Å²) in [4.78, 5) is 15.9. The van der Waals surface area contributed by atoms with Gasteiger partial charge in [0.15, 0.2) is 5.15 Å². The van der Waals surface area contributed by atoms with Crippen LogP contribution in [0.5, 0.6) is 0 Å². The minimum atomic E-state index is -0.588. The van der Waals surface area contributed by atoms with Crippen molar-refractivity contribution >= 4 is 29.3 Å². The van der Waals surface area contributed by atoms with Crippen LogP contribution in [-0.2, 0) is 16.1 Å². The van der Waals surface area contributed by atoms with Crippen molar-refractivity contribution in [2.75, 3.05) is 0 Å². The van der Waals surface area contributed by atoms with Crippen molar-refractivity contribution in [3.8, 4) is 0 Å². The van der Waals surface area contributed by atoms with Crippen LogP contribution in [0.2, 0.25) is 5.15 Å². The summed E-state index contributed by atoms with van der Waals surface area (Å²) in [5, 5.41) is 0.286. The van der Waals surface area contributed by atoms with E-state index in [0.29, 0.717) is 16.9 Å². The SMILES string of the molecule is O=C(/C=C/c1c(Cl)nc2ccccn12)OCc1ccccc1F. The van der Waals surface area contributed by atoms with Gasteiger partial charge in [-0.15, -0.1) is 0 Å². The molecule has 2 heterocycles. The first-order chi connectivity index (χ1) is 11.1. The summed E-state index contributed by atoms with van der Waals surface area (Å²) in [5.41, 5.74) is 1.57. The number of aromatic nitrogens is 2. The Balaban J connectivity index is 1.71. The standard InChI is InChI=1S/C17H12ClFN2O2/c18-17-14(21-10-4-3-7-15(21)20-17)8-9-16(22)23-11-12-5-1-2-6-13(12)19/h1-10H,11H2/b9-8+. The van der Waals surface area contributed by atoms with Crippen molar-refractivity contribution in [2.24, 2.45) is 0 Å². The number of hydrogen-bond donors (Lipinski definition) is 0. The fraction of sp³-hybridized carbons (Fsp3) is 0.0588. The van der Waals surface area contributed by atoms with Gasteiger partial charge in [-0.2, -0.15) is 0 Å². The summed E-state index contributed by atoms with van der Waals surface area (Å²) in [6.45, 7) is -0.128. The molecule has 4 nitrogen and oxygen atoms in total. The van der Waals surface area contributed by atoms with E-state index < -0.39 is 11.8 Å². The van der Waals surface area contributed by atoms with Crippen LogP contribution in [0.15, 0.2) is 54.7 Å². The Kier molecular flexibility index (Phi) is 4.39. The molecule has 0 aliphatic carbocycles. The number of hydrogen-bond acceptors (Lipinski definition) is 3. The molecule has 0 saturated carbocycles. The molecule has 116 valence electrons. The molecule has 0 N–H and O–H groups in total. The Morgan fingerprint density at radius 2 is 2.04 bits per heavy atom. The smallest absolute Gasteiger partial charge is 0.331 e. The van der Waals surface area contributed by atoms with E-state index in [4.69, 9.17) is 16.3 Å². The molecule has 0 aliphatic rings. The van der Waals surface area contributed by atoms with Crippen LogP contribution in [0.1, 0.15) is 11.3 Å². The van der Waals surface area contributed by atoms with Crippen molar-refractivity contribution in [1.29, 1.82) is 0 Å². The summed E-state index contributed by atoms with van der Waals surface area (Å²) in [6, 6.07) is 11.6. The number of nitrogens with zero attached hydrogens (tertiary/aromatic N) is 2. The molecule has 0 atom stereocenters. The number of carbonyl (C=O) groups is 1. The summed E-state index contributed by atoms with van der Waals surface area (Å²) in [6.07, 6.45) is 4.55. The molecule has 0 radical (unpaired) electrons. The summed E-state index contributed by atoms with van der Waals surface area (Å²) in [5.74, 6) is -0.996. The minimum Gasteiger partial charge on any atom is -0.458 e. The third-order valence-corrected chi connectivity index (χ3v) is 3.51. The molecular formula is C17H12ClFN2O2. The Labute approximate surface area is 136 Å². The Bertz CT molecular complexity index is 889. The molecule has 0 spiro atoms. The third kappa shape index (κ3) is 3.40. The Morgan fingerprint density at radius 3 is 2.87 bits per heavy atom. The van der Waals surface area contributed by atoms with Crippen LogP contribution in [0.3, 0.4) is 0 Å². The van der Waals surface area contributed by atoms with Crippen LogP contribution < -0.4 is 0 Å². The molecule has 3 aromatic rings. The van der Waals surface area contributed by atoms with Gasteiger partial charge in [-0.05, 0) is 24.3 Å². The van der Waals surface area contributed by atoms with Gasteiger partial charge >= 0.3 is 5.97 Å². The molecule has 1 aromatic carbocycles. The zero-order valence-electron chi connectivity index (χ0n) is 11.9. The highest BCUT2D eigenvalue weighted by Gasteiger charge is 2.08. The topological polar surface area (TPSA) is 43.6 Å². The maximum absolute atomic E-state index is 13.4. The van der Waals surface area contributed by atoms with E-state index >= 15 is 0 Å². The average molecular weight is 331 g/mol. The number of benzene rings is 1. The zero-order valence-corrected chi connectivity index (χ0v) is 12.7. The largest absolute Gasteiger partial charge is 0.458 e. The first kappa shape index (κ1) is 15.2. The second-order valence-electron chi connectivity index (χ2n) is 4.75. The van der Waals surface area contributed by atoms with Crippen LogP contribution in [0, 0.1) is 5.82 Å². The van der Waals surface area contributed by atoms with E-state index in [-0.39, 0.29) is 11.8 Å². The van der Waals surface area contributed by atoms with Crippen molar-refractivity contribution in [3.63, 3.8) is 0 Å². The highest BCUT2D eigenvalue weighted by Crippen LogP contribution is 2.19. The van der Waals surface area contributed by atoms with Crippen molar-refractivity contribution in [1.82, 2.24) is 9.38 Å². The van der Waals surface area contributed by atoms with E-state index in [9.17, 15) is 9.18 Å². The fourth-order valence-corrected chi connectivity index (χ4v) is 2.34. The second-order valence-corrected chi connectivity index (χ2v) is 5.11. The Hall–Kier alpha value is -2.66. The Morgan fingerprint density at radius 1 is 1.26 bits per heavy atom. The molecule has 3 rings (SSSR count). The summed E-state index contributed by atoms with van der Waals surface area (Å²) < 4.78 is 20.2. The lowest BCUT2D eigenvalue weighted by molar-refractivity contribution is -0.138. The number of rotatable bonds is 4. The van der Waals surface area contributed by atoms with Gasteiger partial charge in [0.25, 0.3) is 0 Å². The van der Waals surface area contributed by atoms with Gasteiger partial charge in [0.1, 0.15) is 18.1 Å². The van der Waals surface area contributed by atoms with Gasteiger partial charge in [-0.1, -0.05) is 35.9 Å². The predicted octanol–water partition coefficient (Wildman–Crippen LogP) is 3.88. The highest BCUT2D eigenvalue weighted by atomic mass is 35.5. The van der Waals surface area contributed by atoms with E-state index in [1.165, 1.54) is 18.2 Å². The van der Waals surface area contributed by atoms with Crippen molar-refractivity contribution in [3.05, 3.63) is 77.0 Å². The molecule has 0 unspecified atom stereocenters. The predicted molar refractivity (Wildman–Crippen MR) is 85.4 cm³/mol. The van der Waals surface area contributed by atoms with E-state index in [1.807, 2.05) is 12.1 Å². The number of pyridine rings is 1. The van der Waals surface area contributed by atoms with Crippen LogP contribution >= 0.6 is 11.6 Å². The van der Waals surface area contributed by atoms with Gasteiger partial charge in [-0.25, -0.2) is 14.2 Å². The van der Waals surface area contributed by atoms with Gasteiger partial charge in [0, 0.05) is 17.8 Å². The van der Waals surface area contributed by atoms with Crippen LogP contribution in [0.4, 0.5) is 4.39 Å². The van der Waals surface area contributed by atoms with Crippen molar-refractivity contribution in [2.45, 2.75) is 6.61 Å². The molecule has 0 fully saturated rings. The molecule has 0 aliphatic heterocycles. The van der Waals surface area contributed by atoms with Crippen molar-refractivity contribution < 1.29 is 13.9 Å². The minimum absolute atomic E-state index is 0.128. The van der Waals surface area contributed by atoms with Crippen LogP contribution in [0.25, 0.3) is 11.7 Å². The number of carbonyl (C=O) groups excluding carboxylic acids is 1. The molecule has 0 saturated heterocycles. The summed E-state index contributed by atoms with van der Waals surface area (Å²) >= 11 is 6.06. The van der Waals surface area contributed by atoms with Gasteiger partial charge in [-0.3, -0.25) is 4.40 Å². The number of fused-ring (bicyclic) bond motifs is 1. The maximum atomic E-state index is 13.4. The van der Waals surface area contributed by atoms with Gasteiger partial charge < -0.3 is 4.74 Å². The van der Waals surface area contributed by atoms with Gasteiger partial charge in [0.05, 0.1) is 5.69 Å². The molecule has 0 bridgehead atoms. The monoisotopic (exact) mass is 330 g/mol. The third-order valence-electron chi connectivity index (χ3n) is 3.23. The number of halogens is 2. The molecule has 0 amide bonds. The summed E-state index contributed by atoms with van der Waals surface area (Å²) in [7, 11) is 0. The lowest BCUT2D eigenvalue weighted by Crippen LogP contribution is -2.02. The number of imidazole rings is 1. The molecule has 2 aromatic heterocycles. The molecular weight excluding hydrogens is 319 g/mol. The zero-order chi connectivity index (χ0) is 16.2.